The third-order valence-electron chi connectivity index (χ3n) is 8.64. The maximum atomic E-state index is 13.3. The highest BCUT2D eigenvalue weighted by atomic mass is 28.3. The summed E-state index contributed by atoms with van der Waals surface area (Å²) in [6, 6.07) is 33.8. The van der Waals surface area contributed by atoms with Gasteiger partial charge in [0.1, 0.15) is 5.78 Å². The number of Topliss-reactive ketones (excluding diaryl/α,β-unsaturated/α-hetero) is 1. The van der Waals surface area contributed by atoms with Crippen molar-refractivity contribution in [2.45, 2.75) is 57.4 Å². The predicted octanol–water partition coefficient (Wildman–Crippen LogP) is 5.48. The van der Waals surface area contributed by atoms with Gasteiger partial charge in [0.2, 0.25) is 0 Å². The van der Waals surface area contributed by atoms with Gasteiger partial charge in [-0.1, -0.05) is 110 Å². The number of carbonyl (C=O) groups excluding carboxylic acids is 1. The first kappa shape index (κ1) is 21.4. The molecule has 0 amide bonds. The minimum atomic E-state index is -2.34. The average molecular weight is 439 g/mol. The molecule has 0 N–H and O–H groups in total. The molecule has 0 spiro atoms. The molecule has 0 unspecified atom stereocenters. The second kappa shape index (κ2) is 8.82. The van der Waals surface area contributed by atoms with Crippen LogP contribution in [0, 0.1) is 11.3 Å². The minimum Gasteiger partial charge on any atom is -0.299 e. The molecule has 2 aliphatic carbocycles. The third kappa shape index (κ3) is 3.40. The van der Waals surface area contributed by atoms with E-state index < -0.39 is 8.07 Å². The van der Waals surface area contributed by atoms with Gasteiger partial charge < -0.3 is 0 Å². The van der Waals surface area contributed by atoms with E-state index in [0.717, 1.165) is 12.8 Å². The standard InChI is InChI=1S/C30H34OSi/c1-24(31)30-21-13-5-6-14-25(30)22-29(23-30)32(26-15-7-2-8-16-26,27-17-9-3-10-18-27)28-19-11-4-12-20-28/h2-4,7-12,15-20,25,29H,5-6,13-14,21-23H2,1H3/t25-,29+,30+/m0/s1. The van der Waals surface area contributed by atoms with Gasteiger partial charge in [-0.05, 0) is 59.6 Å². The first-order chi connectivity index (χ1) is 15.7. The summed E-state index contributed by atoms with van der Waals surface area (Å²) in [5, 5.41) is 4.45. The highest BCUT2D eigenvalue weighted by Gasteiger charge is 2.58. The second-order valence-corrected chi connectivity index (χ2v) is 14.2. The largest absolute Gasteiger partial charge is 0.299 e. The molecule has 3 aromatic rings. The molecule has 164 valence electrons. The van der Waals surface area contributed by atoms with E-state index >= 15 is 0 Å². The van der Waals surface area contributed by atoms with Crippen LogP contribution in [0.15, 0.2) is 91.0 Å². The van der Waals surface area contributed by atoms with Crippen molar-refractivity contribution in [2.24, 2.45) is 11.3 Å². The van der Waals surface area contributed by atoms with E-state index in [1.54, 1.807) is 0 Å². The molecule has 1 nitrogen and oxygen atoms in total. The van der Waals surface area contributed by atoms with Crippen molar-refractivity contribution in [1.29, 1.82) is 0 Å². The van der Waals surface area contributed by atoms with Gasteiger partial charge in [0, 0.05) is 5.41 Å². The van der Waals surface area contributed by atoms with E-state index in [2.05, 4.69) is 91.0 Å². The monoisotopic (exact) mass is 438 g/mol. The van der Waals surface area contributed by atoms with Gasteiger partial charge >= 0.3 is 0 Å². The summed E-state index contributed by atoms with van der Waals surface area (Å²) in [5.74, 6) is 0.986. The molecule has 0 aromatic heterocycles. The predicted molar refractivity (Wildman–Crippen MR) is 137 cm³/mol. The molecule has 32 heavy (non-hydrogen) atoms. The highest BCUT2D eigenvalue weighted by Crippen LogP contribution is 2.58. The van der Waals surface area contributed by atoms with Gasteiger partial charge in [0.25, 0.3) is 0 Å². The van der Waals surface area contributed by atoms with Crippen molar-refractivity contribution in [1.82, 2.24) is 0 Å². The first-order valence-corrected chi connectivity index (χ1v) is 14.4. The van der Waals surface area contributed by atoms with Gasteiger partial charge in [-0.2, -0.15) is 0 Å². The minimum absolute atomic E-state index is 0.113. The normalized spacial score (nSPS) is 25.7. The van der Waals surface area contributed by atoms with E-state index in [1.165, 1.54) is 47.7 Å². The molecule has 0 aliphatic heterocycles. The van der Waals surface area contributed by atoms with Crippen molar-refractivity contribution in [3.63, 3.8) is 0 Å². The summed E-state index contributed by atoms with van der Waals surface area (Å²) < 4.78 is 0. The number of rotatable bonds is 5. The van der Waals surface area contributed by atoms with E-state index in [4.69, 9.17) is 0 Å². The highest BCUT2D eigenvalue weighted by molar-refractivity contribution is 7.12. The Morgan fingerprint density at radius 1 is 0.750 bits per heavy atom. The van der Waals surface area contributed by atoms with Crippen LogP contribution in [0.25, 0.3) is 0 Å². The van der Waals surface area contributed by atoms with Crippen LogP contribution < -0.4 is 15.6 Å². The van der Waals surface area contributed by atoms with E-state index in [1.807, 2.05) is 6.92 Å². The number of benzene rings is 3. The molecule has 3 aromatic carbocycles. The third-order valence-corrected chi connectivity index (χ3v) is 14.0. The summed E-state index contributed by atoms with van der Waals surface area (Å²) in [4.78, 5) is 13.3. The lowest BCUT2D eigenvalue weighted by Gasteiger charge is -2.40. The Bertz CT molecular complexity index is 949. The SMILES string of the molecule is CC(=O)[C@]12CCCCC[C@H]1C[C@@H]([Si](c1ccccc1)(c1ccccc1)c1ccccc1)C2. The van der Waals surface area contributed by atoms with Crippen LogP contribution in [0.5, 0.6) is 0 Å². The lowest BCUT2D eigenvalue weighted by atomic mass is 9.71. The Morgan fingerprint density at radius 2 is 1.25 bits per heavy atom. The summed E-state index contributed by atoms with van der Waals surface area (Å²) in [7, 11) is -2.34. The second-order valence-electron chi connectivity index (χ2n) is 10.1. The van der Waals surface area contributed by atoms with Crippen LogP contribution in [0.3, 0.4) is 0 Å². The lowest BCUT2D eigenvalue weighted by Crippen LogP contribution is -2.69. The summed E-state index contributed by atoms with van der Waals surface area (Å²) >= 11 is 0. The molecule has 2 aliphatic rings. The lowest BCUT2D eigenvalue weighted by molar-refractivity contribution is -0.129. The summed E-state index contributed by atoms with van der Waals surface area (Å²) in [5.41, 5.74) is 0.416. The van der Waals surface area contributed by atoms with Crippen LogP contribution in [0.4, 0.5) is 0 Å². The Kier molecular flexibility index (Phi) is 5.90. The summed E-state index contributed by atoms with van der Waals surface area (Å²) in [6.45, 7) is 1.89. The van der Waals surface area contributed by atoms with Crippen molar-refractivity contribution in [3.05, 3.63) is 91.0 Å². The fourth-order valence-corrected chi connectivity index (χ4v) is 13.1. The van der Waals surface area contributed by atoms with Crippen molar-refractivity contribution < 1.29 is 4.79 Å². The molecule has 0 radical (unpaired) electrons. The molecule has 0 saturated heterocycles. The molecule has 0 bridgehead atoms. The van der Waals surface area contributed by atoms with E-state index in [-0.39, 0.29) is 5.41 Å². The Morgan fingerprint density at radius 3 is 1.72 bits per heavy atom. The van der Waals surface area contributed by atoms with Gasteiger partial charge in [0.05, 0.1) is 0 Å². The number of fused-ring (bicyclic) bond motifs is 1. The zero-order chi connectivity index (χ0) is 22.0. The molecule has 5 rings (SSSR count). The number of ketones is 1. The van der Waals surface area contributed by atoms with Crippen LogP contribution in [-0.4, -0.2) is 13.9 Å². The molecule has 0 heterocycles. The average Bonchev–Trinajstić information content (AvgIpc) is 3.09. The van der Waals surface area contributed by atoms with Crippen molar-refractivity contribution in [2.75, 3.05) is 0 Å². The van der Waals surface area contributed by atoms with Gasteiger partial charge in [-0.3, -0.25) is 4.79 Å². The fraction of sp³-hybridized carbons (Fsp3) is 0.367. The maximum absolute atomic E-state index is 13.3. The van der Waals surface area contributed by atoms with E-state index in [0.29, 0.717) is 17.2 Å². The zero-order valence-electron chi connectivity index (χ0n) is 19.2. The molecule has 2 heteroatoms. The van der Waals surface area contributed by atoms with Crippen LogP contribution in [0.1, 0.15) is 51.9 Å². The zero-order valence-corrected chi connectivity index (χ0v) is 20.2. The quantitative estimate of drug-likeness (QED) is 0.381. The maximum Gasteiger partial charge on any atom is 0.151 e. The first-order valence-electron chi connectivity index (χ1n) is 12.4. The molecule has 3 atom stereocenters. The smallest absolute Gasteiger partial charge is 0.151 e. The Labute approximate surface area is 193 Å². The molecule has 2 saturated carbocycles. The Balaban J connectivity index is 1.75. The molecular formula is C30H34OSi. The number of hydrogen-bond acceptors (Lipinski definition) is 1. The van der Waals surface area contributed by atoms with Crippen molar-refractivity contribution in [3.8, 4) is 0 Å². The van der Waals surface area contributed by atoms with Crippen LogP contribution in [0.2, 0.25) is 5.54 Å². The van der Waals surface area contributed by atoms with Crippen LogP contribution >= 0.6 is 0 Å². The van der Waals surface area contributed by atoms with E-state index in [9.17, 15) is 4.79 Å². The van der Waals surface area contributed by atoms with Gasteiger partial charge in [-0.25, -0.2) is 0 Å². The van der Waals surface area contributed by atoms with Crippen LogP contribution in [-0.2, 0) is 4.79 Å². The fourth-order valence-electron chi connectivity index (χ4n) is 7.21. The Hall–Kier alpha value is -2.45. The van der Waals surface area contributed by atoms with Gasteiger partial charge in [0.15, 0.2) is 8.07 Å². The van der Waals surface area contributed by atoms with Gasteiger partial charge in [-0.15, -0.1) is 0 Å². The number of carbonyl (C=O) groups is 1. The van der Waals surface area contributed by atoms with Crippen molar-refractivity contribution >= 4 is 29.4 Å². The molecular weight excluding hydrogens is 404 g/mol. The summed E-state index contributed by atoms with van der Waals surface area (Å²) in [6.07, 6.45) is 8.32. The number of hydrogen-bond donors (Lipinski definition) is 0. The topological polar surface area (TPSA) is 17.1 Å². The molecule has 2 fully saturated rings.